The number of rotatable bonds is 5. The van der Waals surface area contributed by atoms with Crippen LogP contribution in [0, 0.1) is 0 Å². The standard InChI is InChI=1S/C15H21N3S/c1-14(2,12-7-16-10-17-8-12)5-6-15(3,4)13-9-19-11-18-13/h7-11H,5-6H2,1-4H3. The Balaban J connectivity index is 2.06. The molecule has 102 valence electrons. The Morgan fingerprint density at radius 3 is 2.21 bits per heavy atom. The van der Waals surface area contributed by atoms with Gasteiger partial charge in [-0.25, -0.2) is 15.0 Å². The van der Waals surface area contributed by atoms with E-state index in [0.29, 0.717) is 0 Å². The Hall–Kier alpha value is -1.29. The molecule has 0 aromatic carbocycles. The number of hydrogen-bond donors (Lipinski definition) is 0. The van der Waals surface area contributed by atoms with Crippen molar-refractivity contribution >= 4 is 11.3 Å². The van der Waals surface area contributed by atoms with Crippen LogP contribution in [0.1, 0.15) is 51.8 Å². The summed E-state index contributed by atoms with van der Waals surface area (Å²) in [7, 11) is 0. The van der Waals surface area contributed by atoms with Gasteiger partial charge in [-0.1, -0.05) is 27.7 Å². The van der Waals surface area contributed by atoms with Gasteiger partial charge in [-0.15, -0.1) is 11.3 Å². The summed E-state index contributed by atoms with van der Waals surface area (Å²) in [5.41, 5.74) is 4.51. The lowest BCUT2D eigenvalue weighted by atomic mass is 9.75. The molecule has 2 aromatic heterocycles. The summed E-state index contributed by atoms with van der Waals surface area (Å²) in [5, 5.41) is 2.15. The lowest BCUT2D eigenvalue weighted by Gasteiger charge is -2.30. The zero-order valence-corrected chi connectivity index (χ0v) is 12.9. The van der Waals surface area contributed by atoms with Crippen molar-refractivity contribution in [2.45, 2.75) is 51.4 Å². The number of aromatic nitrogens is 3. The normalized spacial score (nSPS) is 12.6. The van der Waals surface area contributed by atoms with Crippen molar-refractivity contribution in [1.29, 1.82) is 0 Å². The van der Waals surface area contributed by atoms with E-state index in [4.69, 9.17) is 0 Å². The molecule has 0 aliphatic carbocycles. The van der Waals surface area contributed by atoms with Crippen LogP contribution >= 0.6 is 11.3 Å². The van der Waals surface area contributed by atoms with Gasteiger partial charge in [0, 0.05) is 23.2 Å². The van der Waals surface area contributed by atoms with E-state index in [9.17, 15) is 0 Å². The summed E-state index contributed by atoms with van der Waals surface area (Å²) in [6.07, 6.45) is 7.61. The maximum absolute atomic E-state index is 4.46. The first-order chi connectivity index (χ1) is 8.92. The first kappa shape index (κ1) is 14.1. The lowest BCUT2D eigenvalue weighted by molar-refractivity contribution is 0.369. The first-order valence-electron chi connectivity index (χ1n) is 6.56. The van der Waals surface area contributed by atoms with Crippen LogP contribution in [0.5, 0.6) is 0 Å². The third kappa shape index (κ3) is 3.38. The second-order valence-electron chi connectivity index (χ2n) is 6.27. The molecule has 0 saturated carbocycles. The molecule has 0 amide bonds. The van der Waals surface area contributed by atoms with Gasteiger partial charge in [0.15, 0.2) is 0 Å². The summed E-state index contributed by atoms with van der Waals surface area (Å²) < 4.78 is 0. The fourth-order valence-corrected chi connectivity index (χ4v) is 2.84. The minimum atomic E-state index is 0.0918. The largest absolute Gasteiger partial charge is 0.249 e. The zero-order valence-electron chi connectivity index (χ0n) is 12.1. The molecule has 0 spiro atoms. The second-order valence-corrected chi connectivity index (χ2v) is 6.99. The molecule has 0 unspecified atom stereocenters. The minimum Gasteiger partial charge on any atom is -0.249 e. The monoisotopic (exact) mass is 275 g/mol. The van der Waals surface area contributed by atoms with Crippen LogP contribution < -0.4 is 0 Å². The van der Waals surface area contributed by atoms with Gasteiger partial charge in [0.2, 0.25) is 0 Å². The highest BCUT2D eigenvalue weighted by molar-refractivity contribution is 7.07. The summed E-state index contributed by atoms with van der Waals surface area (Å²) in [4.78, 5) is 12.7. The summed E-state index contributed by atoms with van der Waals surface area (Å²) in [6, 6.07) is 0. The molecule has 2 aromatic rings. The molecule has 0 aliphatic heterocycles. The van der Waals surface area contributed by atoms with Crippen molar-refractivity contribution in [3.05, 3.63) is 40.9 Å². The molecule has 0 bridgehead atoms. The highest BCUT2D eigenvalue weighted by atomic mass is 32.1. The molecule has 0 fully saturated rings. The lowest BCUT2D eigenvalue weighted by Crippen LogP contribution is -2.24. The van der Waals surface area contributed by atoms with Gasteiger partial charge in [-0.3, -0.25) is 0 Å². The second kappa shape index (κ2) is 5.37. The Bertz CT molecular complexity index is 503. The third-order valence-electron chi connectivity index (χ3n) is 3.84. The number of thiazole rings is 1. The Labute approximate surface area is 119 Å². The van der Waals surface area contributed by atoms with Gasteiger partial charge in [0.05, 0.1) is 11.2 Å². The van der Waals surface area contributed by atoms with Crippen LogP contribution in [0.4, 0.5) is 0 Å². The maximum atomic E-state index is 4.46. The number of hydrogen-bond acceptors (Lipinski definition) is 4. The van der Waals surface area contributed by atoms with Crippen LogP contribution in [-0.4, -0.2) is 15.0 Å². The van der Waals surface area contributed by atoms with Crippen molar-refractivity contribution in [1.82, 2.24) is 15.0 Å². The molecule has 0 radical (unpaired) electrons. The molecule has 3 nitrogen and oxygen atoms in total. The van der Waals surface area contributed by atoms with Crippen molar-refractivity contribution in [3.63, 3.8) is 0 Å². The van der Waals surface area contributed by atoms with Gasteiger partial charge >= 0.3 is 0 Å². The van der Waals surface area contributed by atoms with E-state index in [1.54, 1.807) is 17.7 Å². The maximum Gasteiger partial charge on any atom is 0.115 e. The summed E-state index contributed by atoms with van der Waals surface area (Å²) in [5.74, 6) is 0. The van der Waals surface area contributed by atoms with E-state index in [0.717, 1.165) is 12.8 Å². The van der Waals surface area contributed by atoms with E-state index in [1.165, 1.54) is 11.3 Å². The van der Waals surface area contributed by atoms with Crippen molar-refractivity contribution in [2.24, 2.45) is 0 Å². The van der Waals surface area contributed by atoms with Crippen LogP contribution in [-0.2, 0) is 10.8 Å². The molecule has 19 heavy (non-hydrogen) atoms. The molecular formula is C15H21N3S. The fourth-order valence-electron chi connectivity index (χ4n) is 2.09. The molecule has 0 atom stereocenters. The Morgan fingerprint density at radius 2 is 1.63 bits per heavy atom. The van der Waals surface area contributed by atoms with Crippen LogP contribution in [0.2, 0.25) is 0 Å². The van der Waals surface area contributed by atoms with Gasteiger partial charge in [-0.05, 0) is 23.8 Å². The van der Waals surface area contributed by atoms with E-state index < -0.39 is 0 Å². The van der Waals surface area contributed by atoms with Gasteiger partial charge < -0.3 is 0 Å². The van der Waals surface area contributed by atoms with E-state index in [2.05, 4.69) is 48.0 Å². The fraction of sp³-hybridized carbons (Fsp3) is 0.533. The number of nitrogens with zero attached hydrogens (tertiary/aromatic N) is 3. The van der Waals surface area contributed by atoms with Gasteiger partial charge in [-0.2, -0.15) is 0 Å². The average molecular weight is 275 g/mol. The highest BCUT2D eigenvalue weighted by Crippen LogP contribution is 2.35. The molecular weight excluding hydrogens is 254 g/mol. The highest BCUT2D eigenvalue weighted by Gasteiger charge is 2.28. The van der Waals surface area contributed by atoms with E-state index >= 15 is 0 Å². The predicted octanol–water partition coefficient (Wildman–Crippen LogP) is 3.97. The first-order valence-corrected chi connectivity index (χ1v) is 7.50. The van der Waals surface area contributed by atoms with Crippen LogP contribution in [0.15, 0.2) is 29.6 Å². The quantitative estimate of drug-likeness (QED) is 0.828. The van der Waals surface area contributed by atoms with Crippen molar-refractivity contribution in [3.8, 4) is 0 Å². The van der Waals surface area contributed by atoms with Crippen LogP contribution in [0.3, 0.4) is 0 Å². The molecule has 0 N–H and O–H groups in total. The Morgan fingerprint density at radius 1 is 1.00 bits per heavy atom. The van der Waals surface area contributed by atoms with Gasteiger partial charge in [0.25, 0.3) is 0 Å². The molecule has 0 aliphatic rings. The molecule has 2 rings (SSSR count). The van der Waals surface area contributed by atoms with E-state index in [-0.39, 0.29) is 10.8 Å². The summed E-state index contributed by atoms with van der Waals surface area (Å²) in [6.45, 7) is 9.03. The topological polar surface area (TPSA) is 38.7 Å². The molecule has 4 heteroatoms. The average Bonchev–Trinajstić information content (AvgIpc) is 2.93. The van der Waals surface area contributed by atoms with Crippen molar-refractivity contribution in [2.75, 3.05) is 0 Å². The summed E-state index contributed by atoms with van der Waals surface area (Å²) >= 11 is 1.67. The van der Waals surface area contributed by atoms with Gasteiger partial charge in [0.1, 0.15) is 6.33 Å². The van der Waals surface area contributed by atoms with Crippen LogP contribution in [0.25, 0.3) is 0 Å². The molecule has 2 heterocycles. The Kier molecular flexibility index (Phi) is 3.99. The zero-order chi connectivity index (χ0) is 13.9. The smallest absolute Gasteiger partial charge is 0.115 e. The van der Waals surface area contributed by atoms with Crippen molar-refractivity contribution < 1.29 is 0 Å². The molecule has 0 saturated heterocycles. The third-order valence-corrected chi connectivity index (χ3v) is 4.43. The van der Waals surface area contributed by atoms with E-state index in [1.807, 2.05) is 17.9 Å². The predicted molar refractivity (Wildman–Crippen MR) is 79.4 cm³/mol. The minimum absolute atomic E-state index is 0.0918. The SMILES string of the molecule is CC(C)(CCC(C)(C)c1cscn1)c1cncnc1.